The third-order valence-electron chi connectivity index (χ3n) is 3.19. The number of rotatable bonds is 1. The highest BCUT2D eigenvalue weighted by molar-refractivity contribution is 5.72. The smallest absolute Gasteiger partial charge is 0.166 e. The first-order valence-corrected chi connectivity index (χ1v) is 6.02. The summed E-state index contributed by atoms with van der Waals surface area (Å²) in [5.74, 6) is 1.48. The molecule has 19 heavy (non-hydrogen) atoms. The predicted octanol–water partition coefficient (Wildman–Crippen LogP) is 2.04. The molecule has 1 aliphatic rings. The second-order valence-corrected chi connectivity index (χ2v) is 4.48. The van der Waals surface area contributed by atoms with Crippen LogP contribution in [0.25, 0.3) is 11.3 Å². The molecule has 0 aliphatic carbocycles. The van der Waals surface area contributed by atoms with Crippen LogP contribution in [0.3, 0.4) is 0 Å². The van der Waals surface area contributed by atoms with Gasteiger partial charge in [0.15, 0.2) is 17.2 Å². The zero-order chi connectivity index (χ0) is 13.4. The molecule has 0 amide bonds. The molecule has 1 aromatic heterocycles. The number of imidazole rings is 1. The van der Waals surface area contributed by atoms with Crippen LogP contribution in [0.15, 0.2) is 18.5 Å². The number of hydrogen-bond donors (Lipinski definition) is 0. The summed E-state index contributed by atoms with van der Waals surface area (Å²) in [4.78, 5) is 4.09. The van der Waals surface area contributed by atoms with E-state index in [4.69, 9.17) is 14.7 Å². The van der Waals surface area contributed by atoms with Gasteiger partial charge >= 0.3 is 0 Å². The summed E-state index contributed by atoms with van der Waals surface area (Å²) in [5, 5.41) is 9.14. The average Bonchev–Trinajstić information content (AvgIpc) is 2.79. The Labute approximate surface area is 111 Å². The van der Waals surface area contributed by atoms with Gasteiger partial charge in [0.25, 0.3) is 0 Å². The van der Waals surface area contributed by atoms with Crippen LogP contribution in [0, 0.1) is 18.3 Å². The van der Waals surface area contributed by atoms with Gasteiger partial charge in [-0.1, -0.05) is 0 Å². The quantitative estimate of drug-likeness (QED) is 0.782. The zero-order valence-electron chi connectivity index (χ0n) is 10.8. The molecule has 0 saturated heterocycles. The molecule has 0 bridgehead atoms. The summed E-state index contributed by atoms with van der Waals surface area (Å²) in [6, 6.07) is 5.98. The summed E-state index contributed by atoms with van der Waals surface area (Å²) >= 11 is 0. The van der Waals surface area contributed by atoms with E-state index < -0.39 is 0 Å². The van der Waals surface area contributed by atoms with Crippen LogP contribution in [-0.4, -0.2) is 22.8 Å². The van der Waals surface area contributed by atoms with E-state index in [-0.39, 0.29) is 0 Å². The minimum Gasteiger partial charge on any atom is -0.486 e. The molecule has 96 valence electrons. The van der Waals surface area contributed by atoms with Crippen molar-refractivity contribution in [1.82, 2.24) is 9.55 Å². The van der Waals surface area contributed by atoms with Gasteiger partial charge in [0.1, 0.15) is 19.3 Å². The number of aryl methyl sites for hydroxylation is 2. The molecule has 5 nitrogen and oxygen atoms in total. The van der Waals surface area contributed by atoms with Gasteiger partial charge in [0.05, 0.1) is 12.0 Å². The highest BCUT2D eigenvalue weighted by Gasteiger charge is 2.19. The second-order valence-electron chi connectivity index (χ2n) is 4.48. The van der Waals surface area contributed by atoms with Crippen LogP contribution >= 0.6 is 0 Å². The van der Waals surface area contributed by atoms with Crippen molar-refractivity contribution in [2.24, 2.45) is 7.05 Å². The molecule has 2 aromatic rings. The lowest BCUT2D eigenvalue weighted by Crippen LogP contribution is -2.15. The maximum atomic E-state index is 9.14. The van der Waals surface area contributed by atoms with Crippen molar-refractivity contribution in [1.29, 1.82) is 5.26 Å². The molecule has 0 radical (unpaired) electrons. The van der Waals surface area contributed by atoms with Gasteiger partial charge < -0.3 is 14.0 Å². The molecule has 5 heteroatoms. The minimum atomic E-state index is 0.419. The van der Waals surface area contributed by atoms with Crippen LogP contribution in [-0.2, 0) is 7.05 Å². The van der Waals surface area contributed by atoms with E-state index in [1.807, 2.05) is 30.7 Å². The van der Waals surface area contributed by atoms with Gasteiger partial charge in [-0.15, -0.1) is 0 Å². The lowest BCUT2D eigenvalue weighted by Gasteiger charge is -2.20. The van der Waals surface area contributed by atoms with Crippen molar-refractivity contribution in [3.05, 3.63) is 29.7 Å². The van der Waals surface area contributed by atoms with Crippen LogP contribution in [0.2, 0.25) is 0 Å². The molecular formula is C14H13N3O2. The van der Waals surface area contributed by atoms with Crippen molar-refractivity contribution in [3.8, 4) is 28.8 Å². The van der Waals surface area contributed by atoms with Gasteiger partial charge in [-0.05, 0) is 24.6 Å². The van der Waals surface area contributed by atoms with Crippen molar-refractivity contribution < 1.29 is 9.47 Å². The molecule has 2 heterocycles. The lowest BCUT2D eigenvalue weighted by atomic mass is 10.0. The highest BCUT2D eigenvalue weighted by Crippen LogP contribution is 2.37. The van der Waals surface area contributed by atoms with Crippen LogP contribution < -0.4 is 9.47 Å². The Balaban J connectivity index is 2.20. The minimum absolute atomic E-state index is 0.419. The number of ether oxygens (including phenoxy) is 2. The van der Waals surface area contributed by atoms with E-state index in [0.717, 1.165) is 28.3 Å². The van der Waals surface area contributed by atoms with Gasteiger partial charge in [0, 0.05) is 12.6 Å². The predicted molar refractivity (Wildman–Crippen MR) is 69.1 cm³/mol. The maximum absolute atomic E-state index is 9.14. The number of hydrogen-bond acceptors (Lipinski definition) is 4. The monoisotopic (exact) mass is 255 g/mol. The Kier molecular flexibility index (Phi) is 2.64. The largest absolute Gasteiger partial charge is 0.486 e. The molecular weight excluding hydrogens is 242 g/mol. The summed E-state index contributed by atoms with van der Waals surface area (Å²) in [7, 11) is 1.87. The van der Waals surface area contributed by atoms with E-state index in [0.29, 0.717) is 18.9 Å². The topological polar surface area (TPSA) is 60.1 Å². The molecule has 0 saturated carbocycles. The fourth-order valence-corrected chi connectivity index (χ4v) is 2.28. The molecule has 1 aliphatic heterocycles. The van der Waals surface area contributed by atoms with Crippen molar-refractivity contribution in [2.45, 2.75) is 6.92 Å². The summed E-state index contributed by atoms with van der Waals surface area (Å²) in [6.07, 6.45) is 1.64. The molecule has 0 unspecified atom stereocenters. The Hall–Kier alpha value is -2.48. The Bertz CT molecular complexity index is 683. The van der Waals surface area contributed by atoms with Crippen molar-refractivity contribution in [2.75, 3.05) is 13.2 Å². The van der Waals surface area contributed by atoms with Gasteiger partial charge in [-0.25, -0.2) is 4.98 Å². The summed E-state index contributed by atoms with van der Waals surface area (Å²) in [5.41, 5.74) is 3.20. The zero-order valence-corrected chi connectivity index (χ0v) is 10.8. The maximum Gasteiger partial charge on any atom is 0.166 e. The lowest BCUT2D eigenvalue weighted by molar-refractivity contribution is 0.171. The Morgan fingerprint density at radius 3 is 2.63 bits per heavy atom. The van der Waals surface area contributed by atoms with Crippen LogP contribution in [0.1, 0.15) is 11.3 Å². The van der Waals surface area contributed by atoms with Crippen molar-refractivity contribution in [3.63, 3.8) is 0 Å². The number of aromatic nitrogens is 2. The van der Waals surface area contributed by atoms with E-state index in [2.05, 4.69) is 11.1 Å². The first-order valence-electron chi connectivity index (χ1n) is 6.02. The summed E-state index contributed by atoms with van der Waals surface area (Å²) in [6.45, 7) is 3.11. The van der Waals surface area contributed by atoms with Gasteiger partial charge in [-0.2, -0.15) is 5.26 Å². The van der Waals surface area contributed by atoms with E-state index in [9.17, 15) is 0 Å². The standard InChI is InChI=1S/C14H13N3O2/c1-9-5-12-13(19-4-3-18-12)6-10(9)14-11(7-15)16-8-17(14)2/h5-6,8H,3-4H2,1-2H3. The van der Waals surface area contributed by atoms with E-state index in [1.54, 1.807) is 6.33 Å². The average molecular weight is 255 g/mol. The van der Waals surface area contributed by atoms with Crippen molar-refractivity contribution >= 4 is 0 Å². The Morgan fingerprint density at radius 1 is 1.26 bits per heavy atom. The first-order chi connectivity index (χ1) is 9.20. The van der Waals surface area contributed by atoms with Crippen LogP contribution in [0.4, 0.5) is 0 Å². The number of nitrogens with zero attached hydrogens (tertiary/aromatic N) is 3. The fraction of sp³-hybridized carbons (Fsp3) is 0.286. The molecule has 0 N–H and O–H groups in total. The van der Waals surface area contributed by atoms with E-state index in [1.165, 1.54) is 0 Å². The molecule has 3 rings (SSSR count). The second kappa shape index (κ2) is 4.32. The third-order valence-corrected chi connectivity index (χ3v) is 3.19. The van der Waals surface area contributed by atoms with Gasteiger partial charge in [0.2, 0.25) is 0 Å². The highest BCUT2D eigenvalue weighted by atomic mass is 16.6. The first kappa shape index (κ1) is 11.6. The van der Waals surface area contributed by atoms with Gasteiger partial charge in [-0.3, -0.25) is 0 Å². The SMILES string of the molecule is Cc1cc2c(cc1-c1c(C#N)ncn1C)OCCO2. The van der Waals surface area contributed by atoms with E-state index >= 15 is 0 Å². The molecule has 0 fully saturated rings. The number of fused-ring (bicyclic) bond motifs is 1. The number of benzene rings is 1. The third kappa shape index (κ3) is 1.82. The summed E-state index contributed by atoms with van der Waals surface area (Å²) < 4.78 is 13.0. The molecule has 0 atom stereocenters. The molecule has 0 spiro atoms. The Morgan fingerprint density at radius 2 is 1.95 bits per heavy atom. The fourth-order valence-electron chi connectivity index (χ4n) is 2.28. The molecule has 1 aromatic carbocycles. The normalized spacial score (nSPS) is 13.1. The number of nitriles is 1. The van der Waals surface area contributed by atoms with Crippen LogP contribution in [0.5, 0.6) is 11.5 Å².